The highest BCUT2D eigenvalue weighted by atomic mass is 16.5. The number of aliphatic hydroxyl groups excluding tert-OH is 1. The Morgan fingerprint density at radius 3 is 3.09 bits per heavy atom. The zero-order chi connectivity index (χ0) is 15.8. The fraction of sp³-hybridized carbons (Fsp3) is 0.529. The molecule has 1 N–H and O–H groups in total. The van der Waals surface area contributed by atoms with Crippen LogP contribution >= 0.6 is 0 Å². The maximum absolute atomic E-state index is 11.3. The summed E-state index contributed by atoms with van der Waals surface area (Å²) in [6.45, 7) is 0.598. The van der Waals surface area contributed by atoms with Crippen LogP contribution in [0.1, 0.15) is 17.5 Å². The number of nitroso groups, excluding NO2 is 1. The second-order valence-corrected chi connectivity index (χ2v) is 6.88. The van der Waals surface area contributed by atoms with Gasteiger partial charge >= 0.3 is 0 Å². The Hall–Kier alpha value is -2.08. The molecule has 6 nitrogen and oxygen atoms in total. The van der Waals surface area contributed by atoms with Gasteiger partial charge in [0, 0.05) is 23.4 Å². The van der Waals surface area contributed by atoms with Crippen molar-refractivity contribution < 1.29 is 14.6 Å². The van der Waals surface area contributed by atoms with Gasteiger partial charge in [0.15, 0.2) is 11.5 Å². The van der Waals surface area contributed by atoms with E-state index in [-0.39, 0.29) is 23.5 Å². The molecular formula is C17H18N2O4. The predicted octanol–water partition coefficient (Wildman–Crippen LogP) is 1.55. The summed E-state index contributed by atoms with van der Waals surface area (Å²) in [6, 6.07) is 4.01. The highest BCUT2D eigenvalue weighted by molar-refractivity contribution is 5.62. The fourth-order valence-electron chi connectivity index (χ4n) is 5.29. The molecule has 120 valence electrons. The van der Waals surface area contributed by atoms with Crippen molar-refractivity contribution in [3.8, 4) is 11.5 Å². The standard InChI is InChI=1S/C17H18N2O4/c1-22-13-5-2-9-8-11-10-3-4-12(20)16-17(10,6-7-19(11)18-21)14(9)15(13)23-16/h2-5,10-12,16,20H,6-8H2,1H3/t10-,11-,12-,16-,17+/m0/s1. The summed E-state index contributed by atoms with van der Waals surface area (Å²) in [7, 11) is 1.64. The Morgan fingerprint density at radius 2 is 2.30 bits per heavy atom. The average molecular weight is 314 g/mol. The lowest BCUT2D eigenvalue weighted by molar-refractivity contribution is -0.0517. The van der Waals surface area contributed by atoms with Crippen molar-refractivity contribution in [2.75, 3.05) is 13.7 Å². The lowest BCUT2D eigenvalue weighted by atomic mass is 9.53. The van der Waals surface area contributed by atoms with Crippen LogP contribution in [0.3, 0.4) is 0 Å². The Kier molecular flexibility index (Phi) is 2.48. The van der Waals surface area contributed by atoms with E-state index >= 15 is 0 Å². The monoisotopic (exact) mass is 314 g/mol. The Labute approximate surface area is 133 Å². The SMILES string of the molecule is COc1ccc2c3c1O[C@H]1[C@@H](O)C=C[C@H]4[C@H](C2)N(N=O)CC[C@]341. The van der Waals surface area contributed by atoms with Gasteiger partial charge < -0.3 is 14.6 Å². The molecule has 5 rings (SSSR count). The third kappa shape index (κ3) is 1.39. The van der Waals surface area contributed by atoms with Gasteiger partial charge in [-0.15, -0.1) is 4.91 Å². The van der Waals surface area contributed by atoms with Crippen LogP contribution in [0.25, 0.3) is 0 Å². The molecule has 1 fully saturated rings. The van der Waals surface area contributed by atoms with Crippen LogP contribution in [0, 0.1) is 10.8 Å². The highest BCUT2D eigenvalue weighted by Crippen LogP contribution is 2.62. The van der Waals surface area contributed by atoms with E-state index in [4.69, 9.17) is 9.47 Å². The van der Waals surface area contributed by atoms with E-state index in [0.717, 1.165) is 18.6 Å². The second kappa shape index (κ2) is 4.26. The van der Waals surface area contributed by atoms with Crippen molar-refractivity contribution >= 4 is 0 Å². The topological polar surface area (TPSA) is 71.4 Å². The van der Waals surface area contributed by atoms with Crippen molar-refractivity contribution in [3.63, 3.8) is 0 Å². The summed E-state index contributed by atoms with van der Waals surface area (Å²) < 4.78 is 11.7. The smallest absolute Gasteiger partial charge is 0.165 e. The second-order valence-electron chi connectivity index (χ2n) is 6.88. The molecule has 6 heteroatoms. The summed E-state index contributed by atoms with van der Waals surface area (Å²) in [6.07, 6.45) is 4.41. The lowest BCUT2D eigenvalue weighted by Gasteiger charge is -2.55. The Bertz CT molecular complexity index is 734. The maximum Gasteiger partial charge on any atom is 0.165 e. The third-order valence-corrected chi connectivity index (χ3v) is 6.15. The van der Waals surface area contributed by atoms with Gasteiger partial charge in [-0.05, 0) is 24.5 Å². The van der Waals surface area contributed by atoms with E-state index in [2.05, 4.69) is 17.4 Å². The van der Waals surface area contributed by atoms with Crippen molar-refractivity contribution in [2.45, 2.75) is 36.5 Å². The number of ether oxygens (including phenoxy) is 2. The van der Waals surface area contributed by atoms with E-state index < -0.39 is 6.10 Å². The van der Waals surface area contributed by atoms with Crippen molar-refractivity contribution in [1.29, 1.82) is 0 Å². The van der Waals surface area contributed by atoms with Crippen LogP contribution in [0.2, 0.25) is 0 Å². The van der Waals surface area contributed by atoms with Gasteiger partial charge in [-0.3, -0.25) is 5.01 Å². The summed E-state index contributed by atoms with van der Waals surface area (Å²) in [4.78, 5) is 11.3. The van der Waals surface area contributed by atoms with Gasteiger partial charge in [-0.25, -0.2) is 0 Å². The molecule has 23 heavy (non-hydrogen) atoms. The molecule has 2 heterocycles. The lowest BCUT2D eigenvalue weighted by Crippen LogP contribution is -2.64. The number of aliphatic hydroxyl groups is 1. The molecule has 0 aromatic heterocycles. The molecule has 1 saturated heterocycles. The minimum Gasteiger partial charge on any atom is -0.493 e. The van der Waals surface area contributed by atoms with Gasteiger partial charge in [-0.1, -0.05) is 18.2 Å². The Balaban J connectivity index is 1.80. The van der Waals surface area contributed by atoms with Gasteiger partial charge in [0.25, 0.3) is 0 Å². The van der Waals surface area contributed by atoms with E-state index in [0.29, 0.717) is 12.3 Å². The number of piperidine rings is 1. The molecule has 0 saturated carbocycles. The van der Waals surface area contributed by atoms with Crippen LogP contribution in [-0.2, 0) is 11.8 Å². The van der Waals surface area contributed by atoms with E-state index in [1.54, 1.807) is 18.2 Å². The zero-order valence-electron chi connectivity index (χ0n) is 12.8. The van der Waals surface area contributed by atoms with Crippen LogP contribution in [0.4, 0.5) is 0 Å². The minimum atomic E-state index is -0.648. The fourth-order valence-corrected chi connectivity index (χ4v) is 5.29. The number of methoxy groups -OCH3 is 1. The normalized spacial score (nSPS) is 38.8. The summed E-state index contributed by atoms with van der Waals surface area (Å²) >= 11 is 0. The van der Waals surface area contributed by atoms with E-state index in [9.17, 15) is 10.0 Å². The molecule has 0 amide bonds. The first kappa shape index (κ1) is 13.4. The molecule has 0 unspecified atom stereocenters. The third-order valence-electron chi connectivity index (χ3n) is 6.15. The number of hydrogen-bond acceptors (Lipinski definition) is 5. The first-order chi connectivity index (χ1) is 11.2. The van der Waals surface area contributed by atoms with Crippen LogP contribution < -0.4 is 9.47 Å². The largest absolute Gasteiger partial charge is 0.493 e. The average Bonchev–Trinajstić information content (AvgIpc) is 2.91. The first-order valence-corrected chi connectivity index (χ1v) is 8.04. The number of benzene rings is 1. The van der Waals surface area contributed by atoms with Gasteiger partial charge in [0.05, 0.1) is 18.4 Å². The molecular weight excluding hydrogens is 296 g/mol. The molecule has 2 bridgehead atoms. The van der Waals surface area contributed by atoms with Gasteiger partial charge in [-0.2, -0.15) is 0 Å². The number of rotatable bonds is 2. The summed E-state index contributed by atoms with van der Waals surface area (Å²) in [5, 5.41) is 15.4. The molecule has 0 radical (unpaired) electrons. The molecule has 5 atom stereocenters. The zero-order valence-corrected chi connectivity index (χ0v) is 12.8. The molecule has 1 aromatic carbocycles. The molecule has 1 aromatic rings. The van der Waals surface area contributed by atoms with Crippen molar-refractivity contribution in [3.05, 3.63) is 40.3 Å². The molecule has 2 aliphatic carbocycles. The summed E-state index contributed by atoms with van der Waals surface area (Å²) in [5.41, 5.74) is 2.08. The summed E-state index contributed by atoms with van der Waals surface area (Å²) in [5.74, 6) is 1.62. The maximum atomic E-state index is 11.3. The van der Waals surface area contributed by atoms with Crippen molar-refractivity contribution in [2.24, 2.45) is 11.2 Å². The van der Waals surface area contributed by atoms with E-state index in [1.807, 2.05) is 6.07 Å². The van der Waals surface area contributed by atoms with Crippen molar-refractivity contribution in [1.82, 2.24) is 5.01 Å². The van der Waals surface area contributed by atoms with E-state index in [1.165, 1.54) is 11.1 Å². The molecule has 1 spiro atoms. The minimum absolute atomic E-state index is 0.0305. The quantitative estimate of drug-likeness (QED) is 0.662. The Morgan fingerprint density at radius 1 is 1.43 bits per heavy atom. The number of hydrogen-bond donors (Lipinski definition) is 1. The van der Waals surface area contributed by atoms with Crippen LogP contribution in [0.15, 0.2) is 29.6 Å². The first-order valence-electron chi connectivity index (χ1n) is 8.04. The molecule has 4 aliphatic rings. The van der Waals surface area contributed by atoms with Crippen LogP contribution in [0.5, 0.6) is 11.5 Å². The van der Waals surface area contributed by atoms with Crippen LogP contribution in [-0.4, -0.2) is 42.0 Å². The molecule has 2 aliphatic heterocycles. The van der Waals surface area contributed by atoms with Gasteiger partial charge in [0.1, 0.15) is 12.2 Å². The van der Waals surface area contributed by atoms with Gasteiger partial charge in [0.2, 0.25) is 0 Å². The predicted molar refractivity (Wildman–Crippen MR) is 82.3 cm³/mol. The number of nitrogens with zero attached hydrogens (tertiary/aromatic N) is 2. The highest BCUT2D eigenvalue weighted by Gasteiger charge is 2.64.